The highest BCUT2D eigenvalue weighted by molar-refractivity contribution is 7.12. The van der Waals surface area contributed by atoms with E-state index < -0.39 is 0 Å². The third-order valence-electron chi connectivity index (χ3n) is 3.82. The van der Waals surface area contributed by atoms with Gasteiger partial charge in [0.05, 0.1) is 5.02 Å². The van der Waals surface area contributed by atoms with Gasteiger partial charge in [0, 0.05) is 22.3 Å². The number of thiophene rings is 1. The lowest BCUT2D eigenvalue weighted by atomic mass is 10.1. The van der Waals surface area contributed by atoms with Crippen LogP contribution in [0.2, 0.25) is 5.02 Å². The van der Waals surface area contributed by atoms with E-state index in [1.165, 1.54) is 35.8 Å². The molecule has 106 valence electrons. The molecule has 2 aromatic rings. The van der Waals surface area contributed by atoms with Crippen LogP contribution in [0.4, 0.5) is 4.39 Å². The molecule has 1 N–H and O–H groups in total. The maximum Gasteiger partial charge on any atom is 0.142 e. The zero-order valence-corrected chi connectivity index (χ0v) is 13.0. The zero-order chi connectivity index (χ0) is 14.1. The van der Waals surface area contributed by atoms with Gasteiger partial charge in [0.1, 0.15) is 5.82 Å². The average Bonchev–Trinajstić information content (AvgIpc) is 3.00. The molecule has 3 rings (SSSR count). The molecule has 1 aliphatic rings. The molecule has 0 saturated heterocycles. The van der Waals surface area contributed by atoms with E-state index in [4.69, 9.17) is 11.6 Å². The summed E-state index contributed by atoms with van der Waals surface area (Å²) >= 11 is 7.61. The Morgan fingerprint density at radius 3 is 2.95 bits per heavy atom. The molecule has 1 nitrogen and oxygen atoms in total. The first-order valence-corrected chi connectivity index (χ1v) is 8.11. The molecule has 0 fully saturated rings. The van der Waals surface area contributed by atoms with Gasteiger partial charge in [0.2, 0.25) is 0 Å². The van der Waals surface area contributed by atoms with E-state index >= 15 is 0 Å². The zero-order valence-electron chi connectivity index (χ0n) is 11.4. The summed E-state index contributed by atoms with van der Waals surface area (Å²) in [5, 5.41) is 3.63. The molecule has 20 heavy (non-hydrogen) atoms. The second kappa shape index (κ2) is 5.84. The van der Waals surface area contributed by atoms with Crippen LogP contribution in [0.1, 0.15) is 40.3 Å². The van der Waals surface area contributed by atoms with Gasteiger partial charge in [-0.05, 0) is 55.5 Å². The molecule has 0 saturated carbocycles. The van der Waals surface area contributed by atoms with Crippen LogP contribution in [-0.4, -0.2) is 0 Å². The Balaban J connectivity index is 1.63. The third kappa shape index (κ3) is 2.90. The van der Waals surface area contributed by atoms with Crippen LogP contribution >= 0.6 is 22.9 Å². The summed E-state index contributed by atoms with van der Waals surface area (Å²) in [6, 6.07) is 7.42. The average molecular weight is 310 g/mol. The Bertz CT molecular complexity index is 601. The molecule has 0 radical (unpaired) electrons. The molecule has 0 aliphatic heterocycles. The molecule has 1 atom stereocenters. The van der Waals surface area contributed by atoms with Crippen molar-refractivity contribution in [3.63, 3.8) is 0 Å². The Kier molecular flexibility index (Phi) is 4.11. The van der Waals surface area contributed by atoms with Crippen molar-refractivity contribution in [1.29, 1.82) is 0 Å². The van der Waals surface area contributed by atoms with Crippen LogP contribution in [0.25, 0.3) is 0 Å². The highest BCUT2D eigenvalue weighted by atomic mass is 35.5. The highest BCUT2D eigenvalue weighted by Crippen LogP contribution is 2.31. The van der Waals surface area contributed by atoms with Crippen LogP contribution in [0.3, 0.4) is 0 Å². The van der Waals surface area contributed by atoms with Crippen molar-refractivity contribution >= 4 is 22.9 Å². The standard InChI is InChI=1S/C16H17ClFNS/c1-10(11-5-6-14(17)15(18)8-11)19-9-13-7-12-3-2-4-16(12)20-13/h5-8,10,19H,2-4,9H2,1H3. The van der Waals surface area contributed by atoms with E-state index in [2.05, 4.69) is 11.4 Å². The normalized spacial score (nSPS) is 15.3. The van der Waals surface area contributed by atoms with Crippen molar-refractivity contribution in [3.8, 4) is 0 Å². The van der Waals surface area contributed by atoms with Crippen LogP contribution < -0.4 is 5.32 Å². The van der Waals surface area contributed by atoms with Gasteiger partial charge >= 0.3 is 0 Å². The minimum Gasteiger partial charge on any atom is -0.305 e. The van der Waals surface area contributed by atoms with Crippen LogP contribution in [0.5, 0.6) is 0 Å². The quantitative estimate of drug-likeness (QED) is 0.848. The molecular weight excluding hydrogens is 293 g/mol. The van der Waals surface area contributed by atoms with Gasteiger partial charge in [-0.2, -0.15) is 0 Å². The fourth-order valence-electron chi connectivity index (χ4n) is 2.63. The van der Waals surface area contributed by atoms with Gasteiger partial charge in [-0.3, -0.25) is 0 Å². The number of rotatable bonds is 4. The Hall–Kier alpha value is -0.900. The first-order valence-electron chi connectivity index (χ1n) is 6.92. The van der Waals surface area contributed by atoms with Gasteiger partial charge in [-0.15, -0.1) is 11.3 Å². The molecule has 4 heteroatoms. The van der Waals surface area contributed by atoms with E-state index in [9.17, 15) is 4.39 Å². The summed E-state index contributed by atoms with van der Waals surface area (Å²) in [6.07, 6.45) is 3.76. The van der Waals surface area contributed by atoms with Gasteiger partial charge in [0.15, 0.2) is 0 Å². The van der Waals surface area contributed by atoms with Crippen LogP contribution in [-0.2, 0) is 19.4 Å². The maximum atomic E-state index is 13.5. The van der Waals surface area contributed by atoms with Crippen molar-refractivity contribution in [2.75, 3.05) is 0 Å². The summed E-state index contributed by atoms with van der Waals surface area (Å²) in [5.74, 6) is -0.354. The van der Waals surface area contributed by atoms with E-state index in [1.54, 1.807) is 10.9 Å². The lowest BCUT2D eigenvalue weighted by molar-refractivity contribution is 0.568. The Labute approximate surface area is 127 Å². The number of benzene rings is 1. The molecule has 0 spiro atoms. The van der Waals surface area contributed by atoms with E-state index in [1.807, 2.05) is 24.3 Å². The largest absolute Gasteiger partial charge is 0.305 e. The van der Waals surface area contributed by atoms with E-state index in [0.29, 0.717) is 0 Å². The minimum atomic E-state index is -0.354. The first-order chi connectivity index (χ1) is 9.63. The van der Waals surface area contributed by atoms with Gasteiger partial charge in [0.25, 0.3) is 0 Å². The monoisotopic (exact) mass is 309 g/mol. The fourth-order valence-corrected chi connectivity index (χ4v) is 3.96. The van der Waals surface area contributed by atoms with Crippen LogP contribution in [0, 0.1) is 5.82 Å². The van der Waals surface area contributed by atoms with E-state index in [0.717, 1.165) is 12.1 Å². The summed E-state index contributed by atoms with van der Waals surface area (Å²) in [6.45, 7) is 2.88. The summed E-state index contributed by atoms with van der Waals surface area (Å²) < 4.78 is 13.5. The fraction of sp³-hybridized carbons (Fsp3) is 0.375. The molecular formula is C16H17ClFNS. The van der Waals surface area contributed by atoms with Crippen molar-refractivity contribution in [2.45, 2.75) is 38.8 Å². The van der Waals surface area contributed by atoms with Crippen molar-refractivity contribution < 1.29 is 4.39 Å². The number of halogens is 2. The Morgan fingerprint density at radius 2 is 2.20 bits per heavy atom. The lowest BCUT2D eigenvalue weighted by Crippen LogP contribution is -2.17. The lowest BCUT2D eigenvalue weighted by Gasteiger charge is -2.14. The molecule has 1 unspecified atom stereocenters. The van der Waals surface area contributed by atoms with Gasteiger partial charge in [-0.25, -0.2) is 4.39 Å². The minimum absolute atomic E-state index is 0.110. The second-order valence-corrected chi connectivity index (χ2v) is 6.92. The number of hydrogen-bond donors (Lipinski definition) is 1. The predicted molar refractivity (Wildman–Crippen MR) is 83.0 cm³/mol. The van der Waals surface area contributed by atoms with Gasteiger partial charge in [-0.1, -0.05) is 17.7 Å². The number of nitrogens with one attached hydrogen (secondary N) is 1. The number of fused-ring (bicyclic) bond motifs is 1. The molecule has 1 aliphatic carbocycles. The van der Waals surface area contributed by atoms with Gasteiger partial charge < -0.3 is 5.32 Å². The second-order valence-electron chi connectivity index (χ2n) is 5.29. The molecule has 0 amide bonds. The molecule has 0 bridgehead atoms. The van der Waals surface area contributed by atoms with E-state index in [-0.39, 0.29) is 16.9 Å². The molecule has 1 aromatic carbocycles. The highest BCUT2D eigenvalue weighted by Gasteiger charge is 2.15. The summed E-state index contributed by atoms with van der Waals surface area (Å²) in [4.78, 5) is 2.92. The third-order valence-corrected chi connectivity index (χ3v) is 5.37. The summed E-state index contributed by atoms with van der Waals surface area (Å²) in [5.41, 5.74) is 2.45. The first kappa shape index (κ1) is 14.1. The Morgan fingerprint density at radius 1 is 1.35 bits per heavy atom. The molecule has 1 aromatic heterocycles. The van der Waals surface area contributed by atoms with Crippen molar-refractivity contribution in [1.82, 2.24) is 5.32 Å². The summed E-state index contributed by atoms with van der Waals surface area (Å²) in [7, 11) is 0. The molecule has 1 heterocycles. The number of hydrogen-bond acceptors (Lipinski definition) is 2. The maximum absolute atomic E-state index is 13.5. The van der Waals surface area contributed by atoms with Crippen molar-refractivity contribution in [3.05, 3.63) is 56.0 Å². The smallest absolute Gasteiger partial charge is 0.142 e. The SMILES string of the molecule is CC(NCc1cc2c(s1)CCC2)c1ccc(Cl)c(F)c1. The van der Waals surface area contributed by atoms with Crippen LogP contribution in [0.15, 0.2) is 24.3 Å². The van der Waals surface area contributed by atoms with Crippen molar-refractivity contribution in [2.24, 2.45) is 0 Å². The topological polar surface area (TPSA) is 12.0 Å². The predicted octanol–water partition coefficient (Wildman–Crippen LogP) is 4.88. The number of aryl methyl sites for hydroxylation is 2.